The molecule has 1 aliphatic rings. The van der Waals surface area contributed by atoms with E-state index in [1.807, 2.05) is 6.92 Å². The molecular formula is C13H13NO3. The van der Waals surface area contributed by atoms with Gasteiger partial charge in [-0.3, -0.25) is 0 Å². The van der Waals surface area contributed by atoms with Crippen LogP contribution in [0.25, 0.3) is 0 Å². The van der Waals surface area contributed by atoms with Gasteiger partial charge in [0.25, 0.3) is 0 Å². The summed E-state index contributed by atoms with van der Waals surface area (Å²) in [4.78, 5) is 11.0. The van der Waals surface area contributed by atoms with Crippen molar-refractivity contribution in [2.75, 3.05) is 6.61 Å². The fourth-order valence-electron chi connectivity index (χ4n) is 2.18. The Balaban J connectivity index is 2.52. The van der Waals surface area contributed by atoms with Gasteiger partial charge in [-0.2, -0.15) is 5.26 Å². The number of fused-ring (bicyclic) bond motifs is 1. The SMILES string of the molecule is CC1(CC#N)COCc2ccc(C(=O)O)cc21. The Kier molecular flexibility index (Phi) is 2.86. The average molecular weight is 231 g/mol. The molecule has 0 spiro atoms. The third-order valence-electron chi connectivity index (χ3n) is 3.15. The van der Waals surface area contributed by atoms with Crippen molar-refractivity contribution in [2.45, 2.75) is 25.4 Å². The van der Waals surface area contributed by atoms with E-state index in [-0.39, 0.29) is 5.56 Å². The van der Waals surface area contributed by atoms with Crippen molar-refractivity contribution in [2.24, 2.45) is 0 Å². The van der Waals surface area contributed by atoms with Crippen LogP contribution in [0.4, 0.5) is 0 Å². The summed E-state index contributed by atoms with van der Waals surface area (Å²) in [5.41, 5.74) is 1.74. The lowest BCUT2D eigenvalue weighted by Gasteiger charge is -2.34. The highest BCUT2D eigenvalue weighted by Crippen LogP contribution is 2.35. The maximum absolute atomic E-state index is 11.0. The van der Waals surface area contributed by atoms with Crippen LogP contribution in [0.3, 0.4) is 0 Å². The van der Waals surface area contributed by atoms with E-state index < -0.39 is 11.4 Å². The van der Waals surface area contributed by atoms with Crippen LogP contribution in [0.5, 0.6) is 0 Å². The molecule has 4 nitrogen and oxygen atoms in total. The summed E-state index contributed by atoms with van der Waals surface area (Å²) in [5.74, 6) is -0.946. The first-order valence-electron chi connectivity index (χ1n) is 5.38. The van der Waals surface area contributed by atoms with Gasteiger partial charge in [-0.15, -0.1) is 0 Å². The van der Waals surface area contributed by atoms with Crippen molar-refractivity contribution in [1.29, 1.82) is 5.26 Å². The Morgan fingerprint density at radius 2 is 2.41 bits per heavy atom. The van der Waals surface area contributed by atoms with Gasteiger partial charge in [0.05, 0.1) is 24.8 Å². The first-order chi connectivity index (χ1) is 8.07. The molecule has 0 saturated heterocycles. The molecular weight excluding hydrogens is 218 g/mol. The van der Waals surface area contributed by atoms with E-state index in [2.05, 4.69) is 6.07 Å². The average Bonchev–Trinajstić information content (AvgIpc) is 2.29. The number of hydrogen-bond acceptors (Lipinski definition) is 3. The van der Waals surface area contributed by atoms with Gasteiger partial charge >= 0.3 is 5.97 Å². The van der Waals surface area contributed by atoms with Crippen LogP contribution >= 0.6 is 0 Å². The molecule has 1 aliphatic heterocycles. The van der Waals surface area contributed by atoms with Gasteiger partial charge in [0.15, 0.2) is 0 Å². The molecule has 1 aromatic carbocycles. The maximum Gasteiger partial charge on any atom is 0.335 e. The van der Waals surface area contributed by atoms with E-state index >= 15 is 0 Å². The topological polar surface area (TPSA) is 70.3 Å². The Hall–Kier alpha value is -1.86. The van der Waals surface area contributed by atoms with E-state index in [0.717, 1.165) is 11.1 Å². The van der Waals surface area contributed by atoms with Gasteiger partial charge in [0, 0.05) is 11.8 Å². The van der Waals surface area contributed by atoms with Crippen LogP contribution in [-0.2, 0) is 16.8 Å². The first kappa shape index (κ1) is 11.6. The van der Waals surface area contributed by atoms with E-state index in [1.165, 1.54) is 0 Å². The van der Waals surface area contributed by atoms with Crippen molar-refractivity contribution >= 4 is 5.97 Å². The molecule has 1 aromatic rings. The molecule has 0 aromatic heterocycles. The Morgan fingerprint density at radius 1 is 1.65 bits per heavy atom. The minimum Gasteiger partial charge on any atom is -0.478 e. The van der Waals surface area contributed by atoms with Crippen LogP contribution in [0.2, 0.25) is 0 Å². The number of ether oxygens (including phenoxy) is 1. The lowest BCUT2D eigenvalue weighted by atomic mass is 9.76. The maximum atomic E-state index is 11.0. The van der Waals surface area contributed by atoms with Gasteiger partial charge in [0.2, 0.25) is 0 Å². The van der Waals surface area contributed by atoms with Crippen LogP contribution in [0.1, 0.15) is 34.8 Å². The van der Waals surface area contributed by atoms with Gasteiger partial charge in [-0.05, 0) is 23.3 Å². The summed E-state index contributed by atoms with van der Waals surface area (Å²) in [7, 11) is 0. The fraction of sp³-hybridized carbons (Fsp3) is 0.385. The largest absolute Gasteiger partial charge is 0.478 e. The third-order valence-corrected chi connectivity index (χ3v) is 3.15. The molecule has 0 aliphatic carbocycles. The summed E-state index contributed by atoms with van der Waals surface area (Å²) in [6, 6.07) is 7.15. The Labute approximate surface area is 99.4 Å². The van der Waals surface area contributed by atoms with Crippen molar-refractivity contribution in [3.8, 4) is 6.07 Å². The second-order valence-corrected chi connectivity index (χ2v) is 4.57. The van der Waals surface area contributed by atoms with Gasteiger partial charge in [-0.25, -0.2) is 4.79 Å². The minimum absolute atomic E-state index is 0.259. The van der Waals surface area contributed by atoms with Crippen LogP contribution < -0.4 is 0 Å². The molecule has 2 rings (SSSR count). The molecule has 0 bridgehead atoms. The molecule has 1 heterocycles. The van der Waals surface area contributed by atoms with E-state index in [9.17, 15) is 4.79 Å². The van der Waals surface area contributed by atoms with Crippen LogP contribution in [-0.4, -0.2) is 17.7 Å². The summed E-state index contributed by atoms with van der Waals surface area (Å²) in [5, 5.41) is 17.9. The van der Waals surface area contributed by atoms with Crippen LogP contribution in [0, 0.1) is 11.3 Å². The summed E-state index contributed by atoms with van der Waals surface area (Å²) in [6.45, 7) is 2.87. The molecule has 4 heteroatoms. The molecule has 0 fully saturated rings. The first-order valence-corrected chi connectivity index (χ1v) is 5.38. The monoisotopic (exact) mass is 231 g/mol. The van der Waals surface area contributed by atoms with E-state index in [0.29, 0.717) is 19.6 Å². The number of aromatic carboxylic acids is 1. The lowest BCUT2D eigenvalue weighted by Crippen LogP contribution is -2.33. The zero-order valence-electron chi connectivity index (χ0n) is 9.56. The number of nitriles is 1. The van der Waals surface area contributed by atoms with Gasteiger partial charge < -0.3 is 9.84 Å². The molecule has 1 atom stereocenters. The lowest BCUT2D eigenvalue weighted by molar-refractivity contribution is 0.0586. The summed E-state index contributed by atoms with van der Waals surface area (Å²) < 4.78 is 5.47. The molecule has 1 unspecified atom stereocenters. The number of nitrogens with zero attached hydrogens (tertiary/aromatic N) is 1. The third kappa shape index (κ3) is 2.02. The summed E-state index contributed by atoms with van der Waals surface area (Å²) in [6.07, 6.45) is 0.322. The molecule has 0 radical (unpaired) electrons. The molecule has 1 N–H and O–H groups in total. The molecule has 0 saturated carbocycles. The number of carboxylic acids is 1. The minimum atomic E-state index is -0.946. The second kappa shape index (κ2) is 4.19. The van der Waals surface area contributed by atoms with Crippen molar-refractivity contribution in [3.63, 3.8) is 0 Å². The number of rotatable bonds is 2. The zero-order valence-corrected chi connectivity index (χ0v) is 9.56. The van der Waals surface area contributed by atoms with E-state index in [1.54, 1.807) is 18.2 Å². The second-order valence-electron chi connectivity index (χ2n) is 4.57. The smallest absolute Gasteiger partial charge is 0.335 e. The predicted octanol–water partition coefficient (Wildman–Crippen LogP) is 2.09. The highest BCUT2D eigenvalue weighted by Gasteiger charge is 2.33. The number of hydrogen-bond donors (Lipinski definition) is 1. The number of carboxylic acid groups (broad SMARTS) is 1. The quantitative estimate of drug-likeness (QED) is 0.846. The Morgan fingerprint density at radius 3 is 3.06 bits per heavy atom. The van der Waals surface area contributed by atoms with Crippen LogP contribution in [0.15, 0.2) is 18.2 Å². The fourth-order valence-corrected chi connectivity index (χ4v) is 2.18. The molecule has 17 heavy (non-hydrogen) atoms. The highest BCUT2D eigenvalue weighted by molar-refractivity contribution is 5.88. The van der Waals surface area contributed by atoms with Crippen molar-refractivity contribution in [3.05, 3.63) is 34.9 Å². The van der Waals surface area contributed by atoms with Crippen molar-refractivity contribution in [1.82, 2.24) is 0 Å². The Bertz CT molecular complexity index is 504. The summed E-state index contributed by atoms with van der Waals surface area (Å²) >= 11 is 0. The zero-order chi connectivity index (χ0) is 12.5. The van der Waals surface area contributed by atoms with Crippen molar-refractivity contribution < 1.29 is 14.6 Å². The molecule has 88 valence electrons. The van der Waals surface area contributed by atoms with E-state index in [4.69, 9.17) is 15.1 Å². The number of carbonyl (C=O) groups is 1. The standard InChI is InChI=1S/C13H13NO3/c1-13(4-5-14)8-17-7-10-3-2-9(12(15)16)6-11(10)13/h2-3,6H,4,7-8H2,1H3,(H,15,16). The van der Waals surface area contributed by atoms with Gasteiger partial charge in [-0.1, -0.05) is 13.0 Å². The number of benzene rings is 1. The predicted molar refractivity (Wildman–Crippen MR) is 60.6 cm³/mol. The normalized spacial score (nSPS) is 22.6. The molecule has 0 amide bonds. The van der Waals surface area contributed by atoms with Gasteiger partial charge in [0.1, 0.15) is 0 Å². The highest BCUT2D eigenvalue weighted by atomic mass is 16.5.